The third kappa shape index (κ3) is 7.88. The molecule has 1 aromatic carbocycles. The Hall–Kier alpha value is -1.01. The molecule has 1 aromatic rings. The molecule has 2 rings (SSSR count). The molecular weight excluding hydrogens is 337 g/mol. The van der Waals surface area contributed by atoms with Gasteiger partial charge in [-0.25, -0.2) is 4.79 Å². The van der Waals surface area contributed by atoms with Gasteiger partial charge in [0, 0.05) is 19.1 Å². The fraction of sp³-hybridized carbons (Fsp3) is 0.562. The molecule has 23 heavy (non-hydrogen) atoms. The maximum atomic E-state index is 12.1. The van der Waals surface area contributed by atoms with Crippen LogP contribution in [0.3, 0.4) is 0 Å². The first kappa shape index (κ1) is 22.0. The molecule has 1 aliphatic heterocycles. The number of carbonyl (C=O) groups is 1. The number of nitrogens with zero attached hydrogens (tertiary/aromatic N) is 1. The molecule has 132 valence electrons. The van der Waals surface area contributed by atoms with Crippen LogP contribution in [0.15, 0.2) is 30.3 Å². The molecule has 0 spiro atoms. The maximum absolute atomic E-state index is 12.1. The number of carbonyl (C=O) groups excluding carboxylic acids is 1. The van der Waals surface area contributed by atoms with Crippen molar-refractivity contribution in [2.24, 2.45) is 5.73 Å². The van der Waals surface area contributed by atoms with Gasteiger partial charge in [-0.2, -0.15) is 0 Å². The summed E-state index contributed by atoms with van der Waals surface area (Å²) in [7, 11) is 0. The lowest BCUT2D eigenvalue weighted by atomic mass is 10.1. The van der Waals surface area contributed by atoms with Crippen molar-refractivity contribution >= 4 is 30.9 Å². The molecule has 7 heteroatoms. The van der Waals surface area contributed by atoms with Gasteiger partial charge in [0.2, 0.25) is 0 Å². The molecule has 1 amide bonds. The second kappa shape index (κ2) is 12.4. The van der Waals surface area contributed by atoms with Gasteiger partial charge in [-0.05, 0) is 37.9 Å². The molecular formula is C16H27Cl2N3O2. The number of amides is 1. The number of benzene rings is 1. The fourth-order valence-electron chi connectivity index (χ4n) is 2.53. The van der Waals surface area contributed by atoms with Crippen molar-refractivity contribution in [3.63, 3.8) is 0 Å². The van der Waals surface area contributed by atoms with E-state index in [4.69, 9.17) is 10.5 Å². The summed E-state index contributed by atoms with van der Waals surface area (Å²) in [5, 5.41) is 3.45. The maximum Gasteiger partial charge on any atom is 0.410 e. The van der Waals surface area contributed by atoms with E-state index in [2.05, 4.69) is 5.32 Å². The molecule has 5 nitrogen and oxygen atoms in total. The van der Waals surface area contributed by atoms with E-state index in [-0.39, 0.29) is 30.9 Å². The zero-order valence-corrected chi connectivity index (χ0v) is 14.9. The number of rotatable bonds is 6. The van der Waals surface area contributed by atoms with Crippen LogP contribution in [0.25, 0.3) is 0 Å². The van der Waals surface area contributed by atoms with Crippen molar-refractivity contribution in [3.8, 4) is 0 Å². The number of nitrogens with two attached hydrogens (primary N) is 1. The zero-order chi connectivity index (χ0) is 14.9. The van der Waals surface area contributed by atoms with Crippen molar-refractivity contribution in [2.75, 3.05) is 26.2 Å². The van der Waals surface area contributed by atoms with Gasteiger partial charge in [-0.3, -0.25) is 0 Å². The minimum atomic E-state index is -0.218. The average Bonchev–Trinajstić information content (AvgIpc) is 2.54. The Balaban J connectivity index is 0.00000242. The molecule has 0 bridgehead atoms. The van der Waals surface area contributed by atoms with Crippen LogP contribution in [0.5, 0.6) is 0 Å². The van der Waals surface area contributed by atoms with Crippen molar-refractivity contribution in [1.29, 1.82) is 0 Å². The summed E-state index contributed by atoms with van der Waals surface area (Å²) in [4.78, 5) is 13.9. The Morgan fingerprint density at radius 2 is 2.04 bits per heavy atom. The highest BCUT2D eigenvalue weighted by molar-refractivity contribution is 5.85. The van der Waals surface area contributed by atoms with Gasteiger partial charge in [0.15, 0.2) is 0 Å². The van der Waals surface area contributed by atoms with Crippen LogP contribution in [-0.2, 0) is 11.3 Å². The highest BCUT2D eigenvalue weighted by Gasteiger charge is 2.24. The molecule has 0 aromatic heterocycles. The van der Waals surface area contributed by atoms with Gasteiger partial charge in [0.1, 0.15) is 6.61 Å². The van der Waals surface area contributed by atoms with Crippen LogP contribution in [0.4, 0.5) is 4.79 Å². The van der Waals surface area contributed by atoms with E-state index < -0.39 is 0 Å². The average molecular weight is 364 g/mol. The third-order valence-corrected chi connectivity index (χ3v) is 3.70. The summed E-state index contributed by atoms with van der Waals surface area (Å²) in [6, 6.07) is 10.1. The normalized spacial score (nSPS) is 16.9. The molecule has 1 heterocycles. The van der Waals surface area contributed by atoms with Crippen molar-refractivity contribution < 1.29 is 9.53 Å². The second-order valence-electron chi connectivity index (χ2n) is 5.42. The number of nitrogens with one attached hydrogen (secondary N) is 1. The van der Waals surface area contributed by atoms with Crippen molar-refractivity contribution in [2.45, 2.75) is 31.9 Å². The Morgan fingerprint density at radius 1 is 1.30 bits per heavy atom. The van der Waals surface area contributed by atoms with Gasteiger partial charge in [0.05, 0.1) is 0 Å². The largest absolute Gasteiger partial charge is 0.445 e. The third-order valence-electron chi connectivity index (χ3n) is 3.70. The number of hydrogen-bond acceptors (Lipinski definition) is 4. The van der Waals surface area contributed by atoms with Gasteiger partial charge >= 0.3 is 6.09 Å². The van der Waals surface area contributed by atoms with E-state index in [1.807, 2.05) is 30.3 Å². The number of ether oxygens (including phenoxy) is 1. The molecule has 1 aliphatic rings. The summed E-state index contributed by atoms with van der Waals surface area (Å²) < 4.78 is 5.38. The number of halogens is 2. The van der Waals surface area contributed by atoms with Gasteiger partial charge in [-0.1, -0.05) is 30.3 Å². The summed E-state index contributed by atoms with van der Waals surface area (Å²) in [5.74, 6) is 0. The van der Waals surface area contributed by atoms with E-state index in [0.29, 0.717) is 19.2 Å². The lowest BCUT2D eigenvalue weighted by Crippen LogP contribution is -2.48. The molecule has 0 radical (unpaired) electrons. The zero-order valence-electron chi connectivity index (χ0n) is 13.3. The monoisotopic (exact) mass is 363 g/mol. The molecule has 1 atom stereocenters. The minimum Gasteiger partial charge on any atom is -0.445 e. The van der Waals surface area contributed by atoms with Crippen LogP contribution < -0.4 is 11.1 Å². The number of likely N-dealkylation sites (tertiary alicyclic amines) is 1. The topological polar surface area (TPSA) is 67.6 Å². The first-order chi connectivity index (χ1) is 10.3. The van der Waals surface area contributed by atoms with E-state index in [1.54, 1.807) is 4.90 Å². The number of piperidine rings is 1. The first-order valence-electron chi connectivity index (χ1n) is 7.68. The van der Waals surface area contributed by atoms with Crippen molar-refractivity contribution in [3.05, 3.63) is 35.9 Å². The fourth-order valence-corrected chi connectivity index (χ4v) is 2.53. The highest BCUT2D eigenvalue weighted by Crippen LogP contribution is 2.12. The smallest absolute Gasteiger partial charge is 0.410 e. The molecule has 3 N–H and O–H groups in total. The Bertz CT molecular complexity index is 435. The highest BCUT2D eigenvalue weighted by atomic mass is 35.5. The first-order valence-corrected chi connectivity index (χ1v) is 7.68. The van der Waals surface area contributed by atoms with E-state index >= 15 is 0 Å². The SMILES string of the molecule is Cl.Cl.NCCCN[C@H]1CCCN(C(=O)OCc2ccccc2)C1. The molecule has 1 saturated heterocycles. The molecule has 0 unspecified atom stereocenters. The predicted octanol–water partition coefficient (Wildman–Crippen LogP) is 2.57. The summed E-state index contributed by atoms with van der Waals surface area (Å²) >= 11 is 0. The van der Waals surface area contributed by atoms with Crippen LogP contribution in [0.1, 0.15) is 24.8 Å². The van der Waals surface area contributed by atoms with Crippen LogP contribution in [0, 0.1) is 0 Å². The lowest BCUT2D eigenvalue weighted by molar-refractivity contribution is 0.0833. The van der Waals surface area contributed by atoms with Crippen molar-refractivity contribution in [1.82, 2.24) is 10.2 Å². The Labute approximate surface area is 150 Å². The molecule has 1 fully saturated rings. The van der Waals surface area contributed by atoms with E-state index in [1.165, 1.54) is 0 Å². The summed E-state index contributed by atoms with van der Waals surface area (Å²) in [6.07, 6.45) is 2.87. The molecule has 0 saturated carbocycles. The van der Waals surface area contributed by atoms with Crippen LogP contribution in [-0.4, -0.2) is 43.2 Å². The van der Waals surface area contributed by atoms with E-state index in [9.17, 15) is 4.79 Å². The van der Waals surface area contributed by atoms with E-state index in [0.717, 1.165) is 44.5 Å². The quantitative estimate of drug-likeness (QED) is 0.762. The summed E-state index contributed by atoms with van der Waals surface area (Å²) in [5.41, 5.74) is 6.50. The minimum absolute atomic E-state index is 0. The van der Waals surface area contributed by atoms with Crippen LogP contribution >= 0.6 is 24.8 Å². The molecule has 0 aliphatic carbocycles. The number of hydrogen-bond donors (Lipinski definition) is 2. The Morgan fingerprint density at radius 3 is 2.74 bits per heavy atom. The van der Waals surface area contributed by atoms with Gasteiger partial charge in [0.25, 0.3) is 0 Å². The Kier molecular flexibility index (Phi) is 11.9. The second-order valence-corrected chi connectivity index (χ2v) is 5.42. The standard InChI is InChI=1S/C16H25N3O2.2ClH/c17-9-5-10-18-15-8-4-11-19(12-15)16(20)21-13-14-6-2-1-3-7-14;;/h1-3,6-7,15,18H,4-5,8-13,17H2;2*1H/t15-;;/m0../s1. The van der Waals surface area contributed by atoms with Crippen LogP contribution in [0.2, 0.25) is 0 Å². The van der Waals surface area contributed by atoms with Gasteiger partial charge in [-0.15, -0.1) is 24.8 Å². The predicted molar refractivity (Wildman–Crippen MR) is 97.4 cm³/mol. The summed E-state index contributed by atoms with van der Waals surface area (Å²) in [6.45, 7) is 3.44. The van der Waals surface area contributed by atoms with Gasteiger partial charge < -0.3 is 20.7 Å². The lowest BCUT2D eigenvalue weighted by Gasteiger charge is -2.32.